The third-order valence-corrected chi connectivity index (χ3v) is 4.78. The summed E-state index contributed by atoms with van der Waals surface area (Å²) in [6, 6.07) is 6.70. The van der Waals surface area contributed by atoms with E-state index < -0.39 is 18.4 Å². The van der Waals surface area contributed by atoms with Gasteiger partial charge >= 0.3 is 5.97 Å². The van der Waals surface area contributed by atoms with E-state index in [0.717, 1.165) is 15.9 Å². The largest absolute Gasteiger partial charge is 0.480 e. The van der Waals surface area contributed by atoms with E-state index in [0.29, 0.717) is 28.0 Å². The third-order valence-electron chi connectivity index (χ3n) is 4.19. The number of nitrogens with one attached hydrogen (secondary N) is 1. The zero-order valence-corrected chi connectivity index (χ0v) is 16.6. The highest BCUT2D eigenvalue weighted by molar-refractivity contribution is 6.35. The van der Waals surface area contributed by atoms with E-state index in [1.165, 1.54) is 12.3 Å². The zero-order chi connectivity index (χ0) is 20.4. The number of rotatable bonds is 6. The molecule has 0 saturated carbocycles. The Labute approximate surface area is 170 Å². The molecule has 0 atom stereocenters. The van der Waals surface area contributed by atoms with Crippen molar-refractivity contribution in [1.82, 2.24) is 19.6 Å². The molecule has 3 rings (SSSR count). The highest BCUT2D eigenvalue weighted by Crippen LogP contribution is 2.25. The summed E-state index contributed by atoms with van der Waals surface area (Å²) in [5.41, 5.74) is 2.91. The molecule has 1 amide bonds. The van der Waals surface area contributed by atoms with Gasteiger partial charge in [-0.25, -0.2) is 4.68 Å². The molecule has 0 aliphatic rings. The molecule has 2 heterocycles. The monoisotopic (exact) mass is 421 g/mol. The van der Waals surface area contributed by atoms with Gasteiger partial charge < -0.3 is 10.4 Å². The predicted molar refractivity (Wildman–Crippen MR) is 105 cm³/mol. The van der Waals surface area contributed by atoms with Crippen molar-refractivity contribution in [2.75, 3.05) is 5.32 Å². The molecule has 0 spiro atoms. The van der Waals surface area contributed by atoms with Gasteiger partial charge in [-0.2, -0.15) is 10.2 Å². The Hall–Kier alpha value is -2.84. The maximum absolute atomic E-state index is 12.6. The summed E-state index contributed by atoms with van der Waals surface area (Å²) in [6.45, 7) is 3.61. The lowest BCUT2D eigenvalue weighted by atomic mass is 10.2. The van der Waals surface area contributed by atoms with Crippen molar-refractivity contribution in [2.45, 2.75) is 26.9 Å². The second-order valence-electron chi connectivity index (χ2n) is 6.16. The summed E-state index contributed by atoms with van der Waals surface area (Å²) in [6.07, 6.45) is 1.38. The average molecular weight is 422 g/mol. The molecular formula is C18H17Cl2N5O3. The van der Waals surface area contributed by atoms with Crippen molar-refractivity contribution in [3.8, 4) is 0 Å². The van der Waals surface area contributed by atoms with Crippen LogP contribution in [0.2, 0.25) is 10.0 Å². The standard InChI is InChI=1S/C18H17Cl2N5O3/c1-10-17(22-18(28)15-5-6-21-25(15)9-16(26)27)11(2)24(23-10)8-12-3-4-13(19)7-14(12)20/h3-7H,8-9H2,1-2H3,(H,22,28)(H,26,27). The number of amides is 1. The minimum absolute atomic E-state index is 0.148. The lowest BCUT2D eigenvalue weighted by Crippen LogP contribution is -2.21. The van der Waals surface area contributed by atoms with E-state index in [9.17, 15) is 9.59 Å². The number of aliphatic carboxylic acids is 1. The second-order valence-corrected chi connectivity index (χ2v) is 7.00. The molecule has 0 fully saturated rings. The van der Waals surface area contributed by atoms with Gasteiger partial charge in [0.15, 0.2) is 0 Å². The molecule has 146 valence electrons. The van der Waals surface area contributed by atoms with Gasteiger partial charge in [0.05, 0.1) is 23.6 Å². The number of carboxylic acid groups (broad SMARTS) is 1. The lowest BCUT2D eigenvalue weighted by Gasteiger charge is -2.09. The number of carbonyl (C=O) groups excluding carboxylic acids is 1. The van der Waals surface area contributed by atoms with Gasteiger partial charge in [-0.1, -0.05) is 29.3 Å². The van der Waals surface area contributed by atoms with Gasteiger partial charge in [0.1, 0.15) is 12.2 Å². The van der Waals surface area contributed by atoms with Crippen molar-refractivity contribution in [3.63, 3.8) is 0 Å². The third kappa shape index (κ3) is 4.18. The maximum Gasteiger partial charge on any atom is 0.325 e. The molecule has 0 aliphatic heterocycles. The zero-order valence-electron chi connectivity index (χ0n) is 15.1. The highest BCUT2D eigenvalue weighted by atomic mass is 35.5. The lowest BCUT2D eigenvalue weighted by molar-refractivity contribution is -0.137. The van der Waals surface area contributed by atoms with Crippen LogP contribution in [0.5, 0.6) is 0 Å². The van der Waals surface area contributed by atoms with Crippen LogP contribution in [0.25, 0.3) is 0 Å². The molecule has 28 heavy (non-hydrogen) atoms. The molecule has 2 N–H and O–H groups in total. The van der Waals surface area contributed by atoms with Crippen molar-refractivity contribution < 1.29 is 14.7 Å². The van der Waals surface area contributed by atoms with Crippen molar-refractivity contribution in [1.29, 1.82) is 0 Å². The summed E-state index contributed by atoms with van der Waals surface area (Å²) >= 11 is 12.2. The van der Waals surface area contributed by atoms with Crippen LogP contribution >= 0.6 is 23.2 Å². The van der Waals surface area contributed by atoms with Gasteiger partial charge in [-0.3, -0.25) is 14.3 Å². The van der Waals surface area contributed by atoms with E-state index in [1.807, 2.05) is 13.0 Å². The summed E-state index contributed by atoms with van der Waals surface area (Å²) in [5, 5.41) is 21.1. The summed E-state index contributed by atoms with van der Waals surface area (Å²) in [4.78, 5) is 23.5. The van der Waals surface area contributed by atoms with Crippen molar-refractivity contribution in [3.05, 3.63) is 63.2 Å². The van der Waals surface area contributed by atoms with Crippen LogP contribution in [0.15, 0.2) is 30.5 Å². The van der Waals surface area contributed by atoms with Gasteiger partial charge in [0, 0.05) is 16.2 Å². The first-order chi connectivity index (χ1) is 13.3. The molecule has 10 heteroatoms. The predicted octanol–water partition coefficient (Wildman–Crippen LogP) is 3.39. The number of carbonyl (C=O) groups is 2. The van der Waals surface area contributed by atoms with E-state index in [-0.39, 0.29) is 5.69 Å². The maximum atomic E-state index is 12.6. The van der Waals surface area contributed by atoms with Crippen LogP contribution in [0.1, 0.15) is 27.4 Å². The first-order valence-corrected chi connectivity index (χ1v) is 9.04. The topological polar surface area (TPSA) is 102 Å². The van der Waals surface area contributed by atoms with Crippen LogP contribution in [-0.4, -0.2) is 36.5 Å². The first kappa shape index (κ1) is 19.9. The number of nitrogens with zero attached hydrogens (tertiary/aromatic N) is 4. The fourth-order valence-corrected chi connectivity index (χ4v) is 3.27. The fraction of sp³-hybridized carbons (Fsp3) is 0.222. The first-order valence-electron chi connectivity index (χ1n) is 8.29. The van der Waals surface area contributed by atoms with E-state index in [1.54, 1.807) is 23.7 Å². The molecule has 0 radical (unpaired) electrons. The van der Waals surface area contributed by atoms with Crippen molar-refractivity contribution >= 4 is 40.8 Å². The summed E-state index contributed by atoms with van der Waals surface area (Å²) < 4.78 is 2.86. The number of benzene rings is 1. The molecule has 8 nitrogen and oxygen atoms in total. The average Bonchev–Trinajstić information content (AvgIpc) is 3.17. The van der Waals surface area contributed by atoms with Gasteiger partial charge in [0.25, 0.3) is 5.91 Å². The van der Waals surface area contributed by atoms with Crippen molar-refractivity contribution in [2.24, 2.45) is 0 Å². The number of aromatic nitrogens is 4. The van der Waals surface area contributed by atoms with Gasteiger partial charge in [-0.15, -0.1) is 0 Å². The molecule has 0 unspecified atom stereocenters. The SMILES string of the molecule is Cc1nn(Cc2ccc(Cl)cc2Cl)c(C)c1NC(=O)c1ccnn1CC(=O)O. The minimum atomic E-state index is -1.09. The van der Waals surface area contributed by atoms with Crippen LogP contribution in [0.3, 0.4) is 0 Å². The molecule has 0 saturated heterocycles. The van der Waals surface area contributed by atoms with Crippen LogP contribution in [-0.2, 0) is 17.9 Å². The molecule has 0 bridgehead atoms. The fourth-order valence-electron chi connectivity index (χ4n) is 2.80. The van der Waals surface area contributed by atoms with E-state index >= 15 is 0 Å². The number of hydrogen-bond donors (Lipinski definition) is 2. The number of hydrogen-bond acceptors (Lipinski definition) is 4. The van der Waals surface area contributed by atoms with Crippen LogP contribution < -0.4 is 5.32 Å². The number of anilines is 1. The Balaban J connectivity index is 1.83. The molecule has 0 aliphatic carbocycles. The Morgan fingerprint density at radius 3 is 2.61 bits per heavy atom. The Morgan fingerprint density at radius 2 is 1.93 bits per heavy atom. The minimum Gasteiger partial charge on any atom is -0.480 e. The summed E-state index contributed by atoms with van der Waals surface area (Å²) in [5.74, 6) is -1.55. The van der Waals surface area contributed by atoms with Gasteiger partial charge in [-0.05, 0) is 37.6 Å². The Morgan fingerprint density at radius 1 is 1.18 bits per heavy atom. The molecule has 2 aromatic heterocycles. The van der Waals surface area contributed by atoms with Crippen LogP contribution in [0.4, 0.5) is 5.69 Å². The Kier molecular flexibility index (Phi) is 5.71. The van der Waals surface area contributed by atoms with E-state index in [2.05, 4.69) is 15.5 Å². The summed E-state index contributed by atoms with van der Waals surface area (Å²) in [7, 11) is 0. The smallest absolute Gasteiger partial charge is 0.325 e. The number of carboxylic acids is 1. The second kappa shape index (κ2) is 8.04. The number of halogens is 2. The molecular weight excluding hydrogens is 405 g/mol. The molecule has 1 aromatic carbocycles. The Bertz CT molecular complexity index is 1060. The quantitative estimate of drug-likeness (QED) is 0.634. The van der Waals surface area contributed by atoms with E-state index in [4.69, 9.17) is 28.3 Å². The molecule has 3 aromatic rings. The number of aryl methyl sites for hydroxylation is 1. The van der Waals surface area contributed by atoms with Gasteiger partial charge in [0.2, 0.25) is 0 Å². The highest BCUT2D eigenvalue weighted by Gasteiger charge is 2.19. The normalized spacial score (nSPS) is 10.9. The van der Waals surface area contributed by atoms with Crippen LogP contribution in [0, 0.1) is 13.8 Å².